The van der Waals surface area contributed by atoms with Crippen LogP contribution < -0.4 is 5.32 Å². The van der Waals surface area contributed by atoms with Gasteiger partial charge >= 0.3 is 6.09 Å². The number of rotatable bonds is 2. The van der Waals surface area contributed by atoms with E-state index in [0.29, 0.717) is 13.0 Å². The monoisotopic (exact) mass is 309 g/mol. The average Bonchev–Trinajstić information content (AvgIpc) is 2.47. The van der Waals surface area contributed by atoms with Crippen LogP contribution in [0.5, 0.6) is 0 Å². The predicted molar refractivity (Wildman–Crippen MR) is 94.4 cm³/mol. The Kier molecular flexibility index (Phi) is 5.28. The van der Waals surface area contributed by atoms with Crippen LogP contribution >= 0.6 is 0 Å². The van der Waals surface area contributed by atoms with Crippen LogP contribution in [0.3, 0.4) is 0 Å². The van der Waals surface area contributed by atoms with Crippen molar-refractivity contribution in [1.82, 2.24) is 5.32 Å². The van der Waals surface area contributed by atoms with Crippen LogP contribution in [0.4, 0.5) is 4.79 Å². The molecular formula is C20H23NO2. The molecule has 0 bridgehead atoms. The summed E-state index contributed by atoms with van der Waals surface area (Å²) in [4.78, 5) is 11.5. The number of alkyl carbamates (subject to hydrolysis) is 1. The lowest BCUT2D eigenvalue weighted by atomic mass is 10.00. The summed E-state index contributed by atoms with van der Waals surface area (Å²) in [5, 5.41) is 5.07. The van der Waals surface area contributed by atoms with Crippen molar-refractivity contribution in [3.8, 4) is 11.8 Å². The molecule has 120 valence electrons. The van der Waals surface area contributed by atoms with Crippen molar-refractivity contribution in [3.63, 3.8) is 0 Å². The minimum absolute atomic E-state index is 0.402. The van der Waals surface area contributed by atoms with E-state index >= 15 is 0 Å². The Bertz CT molecular complexity index is 761. The van der Waals surface area contributed by atoms with Crippen molar-refractivity contribution < 1.29 is 9.53 Å². The van der Waals surface area contributed by atoms with Gasteiger partial charge in [0.15, 0.2) is 0 Å². The van der Waals surface area contributed by atoms with Crippen molar-refractivity contribution in [2.24, 2.45) is 0 Å². The van der Waals surface area contributed by atoms with Gasteiger partial charge in [-0.1, -0.05) is 48.2 Å². The summed E-state index contributed by atoms with van der Waals surface area (Å²) in [7, 11) is 0. The Balaban J connectivity index is 1.98. The molecule has 0 aliphatic rings. The van der Waals surface area contributed by atoms with Crippen LogP contribution in [0.15, 0.2) is 36.4 Å². The van der Waals surface area contributed by atoms with E-state index in [1.807, 2.05) is 32.9 Å². The molecule has 1 amide bonds. The Labute approximate surface area is 138 Å². The molecule has 0 spiro atoms. The summed E-state index contributed by atoms with van der Waals surface area (Å²) in [5.41, 5.74) is 1.74. The van der Waals surface area contributed by atoms with E-state index in [-0.39, 0.29) is 0 Å². The maximum atomic E-state index is 11.5. The number of nitrogens with one attached hydrogen (secondary N) is 1. The lowest BCUT2D eigenvalue weighted by molar-refractivity contribution is 0.0529. The second-order valence-electron chi connectivity index (χ2n) is 6.46. The van der Waals surface area contributed by atoms with E-state index in [0.717, 1.165) is 11.1 Å². The molecule has 0 saturated carbocycles. The molecule has 0 radical (unpaired) electrons. The minimum Gasteiger partial charge on any atom is -0.444 e. The van der Waals surface area contributed by atoms with E-state index in [1.165, 1.54) is 10.8 Å². The van der Waals surface area contributed by atoms with Gasteiger partial charge in [-0.2, -0.15) is 0 Å². The van der Waals surface area contributed by atoms with Crippen LogP contribution in [-0.2, 0) is 4.74 Å². The summed E-state index contributed by atoms with van der Waals surface area (Å²) in [6, 6.07) is 12.4. The quantitative estimate of drug-likeness (QED) is 0.659. The molecule has 23 heavy (non-hydrogen) atoms. The summed E-state index contributed by atoms with van der Waals surface area (Å²) in [6.45, 7) is 8.07. The van der Waals surface area contributed by atoms with Gasteiger partial charge in [-0.3, -0.25) is 0 Å². The molecule has 3 heteroatoms. The number of hydrogen-bond acceptors (Lipinski definition) is 2. The zero-order valence-corrected chi connectivity index (χ0v) is 14.2. The summed E-state index contributed by atoms with van der Waals surface area (Å²) in [5.74, 6) is 6.37. The van der Waals surface area contributed by atoms with Gasteiger partial charge < -0.3 is 10.1 Å². The van der Waals surface area contributed by atoms with E-state index in [1.54, 1.807) is 0 Å². The van der Waals surface area contributed by atoms with Crippen molar-refractivity contribution >= 4 is 16.9 Å². The first-order valence-corrected chi connectivity index (χ1v) is 7.81. The van der Waals surface area contributed by atoms with Gasteiger partial charge in [0.25, 0.3) is 0 Å². The van der Waals surface area contributed by atoms with E-state index < -0.39 is 11.7 Å². The molecule has 0 aromatic heterocycles. The second kappa shape index (κ2) is 7.19. The van der Waals surface area contributed by atoms with Crippen LogP contribution in [-0.4, -0.2) is 18.2 Å². The highest BCUT2D eigenvalue weighted by Crippen LogP contribution is 2.21. The number of hydrogen-bond donors (Lipinski definition) is 1. The number of benzene rings is 2. The zero-order valence-electron chi connectivity index (χ0n) is 14.2. The number of ether oxygens (including phenoxy) is 1. The lowest BCUT2D eigenvalue weighted by Gasteiger charge is -2.19. The highest BCUT2D eigenvalue weighted by Gasteiger charge is 2.15. The van der Waals surface area contributed by atoms with Crippen LogP contribution in [0.25, 0.3) is 10.8 Å². The summed E-state index contributed by atoms with van der Waals surface area (Å²) < 4.78 is 5.18. The molecule has 0 unspecified atom stereocenters. The van der Waals surface area contributed by atoms with Gasteiger partial charge in [0.05, 0.1) is 0 Å². The summed E-state index contributed by atoms with van der Waals surface area (Å²) >= 11 is 0. The van der Waals surface area contributed by atoms with Crippen molar-refractivity contribution in [2.75, 3.05) is 6.54 Å². The average molecular weight is 309 g/mol. The fourth-order valence-electron chi connectivity index (χ4n) is 2.24. The number of amides is 1. The van der Waals surface area contributed by atoms with Gasteiger partial charge in [0.2, 0.25) is 0 Å². The van der Waals surface area contributed by atoms with Gasteiger partial charge in [0.1, 0.15) is 5.60 Å². The molecule has 0 heterocycles. The van der Waals surface area contributed by atoms with Crippen molar-refractivity contribution in [1.29, 1.82) is 0 Å². The normalized spacial score (nSPS) is 10.8. The number of carbonyl (C=O) groups excluding carboxylic acids is 1. The fourth-order valence-corrected chi connectivity index (χ4v) is 2.24. The van der Waals surface area contributed by atoms with Crippen molar-refractivity contribution in [3.05, 3.63) is 47.5 Å². The molecular weight excluding hydrogens is 286 g/mol. The molecule has 0 aliphatic heterocycles. The Morgan fingerprint density at radius 1 is 1.17 bits per heavy atom. The third-order valence-corrected chi connectivity index (χ3v) is 3.27. The third-order valence-electron chi connectivity index (χ3n) is 3.27. The molecule has 0 atom stereocenters. The first kappa shape index (κ1) is 16.9. The standard InChI is InChI=1S/C20H23NO2/c1-15-12-13-16-9-5-6-11-18(16)17(15)10-7-8-14-21-19(22)23-20(2,3)4/h5-6,9,11-13H,8,14H2,1-4H3,(H,21,22). The SMILES string of the molecule is Cc1ccc2ccccc2c1C#CCCNC(=O)OC(C)(C)C. The number of fused-ring (bicyclic) bond motifs is 1. The largest absolute Gasteiger partial charge is 0.444 e. The minimum atomic E-state index is -0.476. The molecule has 2 rings (SSSR count). The summed E-state index contributed by atoms with van der Waals surface area (Å²) in [6.07, 6.45) is 0.183. The van der Waals surface area contributed by atoms with Crippen LogP contribution in [0.2, 0.25) is 0 Å². The highest BCUT2D eigenvalue weighted by atomic mass is 16.6. The van der Waals surface area contributed by atoms with Crippen LogP contribution in [0, 0.1) is 18.8 Å². The Morgan fingerprint density at radius 2 is 1.91 bits per heavy atom. The topological polar surface area (TPSA) is 38.3 Å². The van der Waals surface area contributed by atoms with E-state index in [2.05, 4.69) is 48.3 Å². The van der Waals surface area contributed by atoms with Gasteiger partial charge in [-0.15, -0.1) is 0 Å². The molecule has 3 nitrogen and oxygen atoms in total. The zero-order chi connectivity index (χ0) is 16.9. The maximum Gasteiger partial charge on any atom is 0.407 e. The highest BCUT2D eigenvalue weighted by molar-refractivity contribution is 5.89. The van der Waals surface area contributed by atoms with E-state index in [4.69, 9.17) is 4.74 Å². The Hall–Kier alpha value is -2.47. The molecule has 2 aromatic carbocycles. The molecule has 0 fully saturated rings. The van der Waals surface area contributed by atoms with E-state index in [9.17, 15) is 4.79 Å². The second-order valence-corrected chi connectivity index (χ2v) is 6.46. The molecule has 2 aromatic rings. The number of aryl methyl sites for hydroxylation is 1. The first-order chi connectivity index (χ1) is 10.9. The van der Waals surface area contributed by atoms with Gasteiger partial charge in [-0.25, -0.2) is 4.79 Å². The first-order valence-electron chi connectivity index (χ1n) is 7.81. The number of carbonyl (C=O) groups is 1. The third kappa shape index (κ3) is 5.03. The smallest absolute Gasteiger partial charge is 0.407 e. The fraction of sp³-hybridized carbons (Fsp3) is 0.350. The van der Waals surface area contributed by atoms with Gasteiger partial charge in [0, 0.05) is 18.5 Å². The van der Waals surface area contributed by atoms with Gasteiger partial charge in [-0.05, 0) is 44.0 Å². The lowest BCUT2D eigenvalue weighted by Crippen LogP contribution is -2.32. The maximum absolute atomic E-state index is 11.5. The molecule has 1 N–H and O–H groups in total. The van der Waals surface area contributed by atoms with Crippen molar-refractivity contribution in [2.45, 2.75) is 39.7 Å². The predicted octanol–water partition coefficient (Wildman–Crippen LogP) is 4.41. The Morgan fingerprint density at radius 3 is 2.65 bits per heavy atom. The molecule has 0 saturated heterocycles. The molecule has 0 aliphatic carbocycles. The van der Waals surface area contributed by atoms with Crippen LogP contribution in [0.1, 0.15) is 38.3 Å².